The number of halogens is 1. The van der Waals surface area contributed by atoms with Crippen LogP contribution in [0.1, 0.15) is 11.6 Å². The number of nitriles is 2. The first-order valence-corrected chi connectivity index (χ1v) is 7.11. The first-order valence-electron chi connectivity index (χ1n) is 7.11. The Morgan fingerprint density at radius 1 is 1.23 bits per heavy atom. The maximum absolute atomic E-state index is 13.1. The van der Waals surface area contributed by atoms with Crippen molar-refractivity contribution in [2.24, 2.45) is 10.9 Å². The van der Waals surface area contributed by atoms with Crippen LogP contribution in [0.3, 0.4) is 0 Å². The molecule has 0 radical (unpaired) electrons. The zero-order valence-corrected chi connectivity index (χ0v) is 12.2. The highest BCUT2D eigenvalue weighted by molar-refractivity contribution is 5.67. The molecule has 0 saturated carbocycles. The molecule has 6 heteroatoms. The van der Waals surface area contributed by atoms with Crippen LogP contribution < -0.4 is 0 Å². The minimum absolute atomic E-state index is 0.0150. The lowest BCUT2D eigenvalue weighted by atomic mass is 10.0. The summed E-state index contributed by atoms with van der Waals surface area (Å²) in [7, 11) is 0. The maximum atomic E-state index is 13.1. The molecule has 1 heterocycles. The van der Waals surface area contributed by atoms with Crippen LogP contribution in [-0.2, 0) is 4.74 Å². The van der Waals surface area contributed by atoms with Crippen molar-refractivity contribution in [2.45, 2.75) is 6.04 Å². The molecule has 2 rings (SSSR count). The highest BCUT2D eigenvalue weighted by Gasteiger charge is 2.22. The molecule has 114 valence electrons. The van der Waals surface area contributed by atoms with Crippen molar-refractivity contribution in [1.29, 1.82) is 10.5 Å². The highest BCUT2D eigenvalue weighted by Crippen LogP contribution is 2.22. The average Bonchev–Trinajstić information content (AvgIpc) is 2.57. The predicted molar refractivity (Wildman–Crippen MR) is 79.6 cm³/mol. The van der Waals surface area contributed by atoms with Gasteiger partial charge >= 0.3 is 0 Å². The van der Waals surface area contributed by atoms with E-state index in [-0.39, 0.29) is 11.9 Å². The molecule has 5 nitrogen and oxygen atoms in total. The molecule has 1 aliphatic heterocycles. The van der Waals surface area contributed by atoms with Gasteiger partial charge < -0.3 is 4.74 Å². The molecular formula is C16H17FN4O. The summed E-state index contributed by atoms with van der Waals surface area (Å²) in [5.74, 6) is -1.11. The lowest BCUT2D eigenvalue weighted by Gasteiger charge is -2.34. The molecular weight excluding hydrogens is 283 g/mol. The number of ether oxygens (including phenoxy) is 1. The smallest absolute Gasteiger partial charge is 0.167 e. The molecule has 0 aliphatic carbocycles. The van der Waals surface area contributed by atoms with Crippen LogP contribution in [0.15, 0.2) is 29.3 Å². The van der Waals surface area contributed by atoms with E-state index >= 15 is 0 Å². The lowest BCUT2D eigenvalue weighted by molar-refractivity contribution is 0.0180. The predicted octanol–water partition coefficient (Wildman–Crippen LogP) is 1.93. The highest BCUT2D eigenvalue weighted by atomic mass is 19.1. The van der Waals surface area contributed by atoms with Gasteiger partial charge in [0.2, 0.25) is 0 Å². The Morgan fingerprint density at radius 3 is 2.45 bits per heavy atom. The van der Waals surface area contributed by atoms with Gasteiger partial charge in [0.15, 0.2) is 5.92 Å². The molecule has 1 saturated heterocycles. The standard InChI is InChI=1S/C16H17FN4O/c17-15-3-1-14(2-4-15)16(21-5-7-22-8-6-21)12-20-11-13(9-18)10-19/h1-4,11,13,16H,5-8,12H2/t16-/m0/s1. The van der Waals surface area contributed by atoms with E-state index in [0.29, 0.717) is 19.8 Å². The van der Waals surface area contributed by atoms with Crippen LogP contribution in [-0.4, -0.2) is 44.0 Å². The summed E-state index contributed by atoms with van der Waals surface area (Å²) in [6, 6.07) is 10.1. The van der Waals surface area contributed by atoms with Crippen molar-refractivity contribution in [3.63, 3.8) is 0 Å². The molecule has 1 aromatic carbocycles. The fourth-order valence-electron chi connectivity index (χ4n) is 2.37. The van der Waals surface area contributed by atoms with E-state index in [2.05, 4.69) is 9.89 Å². The normalized spacial score (nSPS) is 17.3. The fourth-order valence-corrected chi connectivity index (χ4v) is 2.37. The van der Waals surface area contributed by atoms with Gasteiger partial charge in [-0.1, -0.05) is 12.1 Å². The number of benzene rings is 1. The van der Waals surface area contributed by atoms with E-state index in [1.54, 1.807) is 12.1 Å². The second kappa shape index (κ2) is 8.23. The molecule has 0 bridgehead atoms. The quantitative estimate of drug-likeness (QED) is 0.779. The van der Waals surface area contributed by atoms with Crippen LogP contribution in [0.5, 0.6) is 0 Å². The van der Waals surface area contributed by atoms with Gasteiger partial charge in [0.05, 0.1) is 37.9 Å². The monoisotopic (exact) mass is 300 g/mol. The van der Waals surface area contributed by atoms with Crippen LogP contribution >= 0.6 is 0 Å². The van der Waals surface area contributed by atoms with Crippen LogP contribution in [0, 0.1) is 34.4 Å². The lowest BCUT2D eigenvalue weighted by Crippen LogP contribution is -2.40. The Morgan fingerprint density at radius 2 is 1.86 bits per heavy atom. The van der Waals surface area contributed by atoms with E-state index in [4.69, 9.17) is 15.3 Å². The summed E-state index contributed by atoms with van der Waals surface area (Å²) in [5, 5.41) is 17.5. The number of morpholine rings is 1. The first kappa shape index (κ1) is 16.1. The van der Waals surface area contributed by atoms with Gasteiger partial charge in [0, 0.05) is 19.3 Å². The molecule has 0 amide bonds. The SMILES string of the molecule is N#CC(C#N)C=NC[C@@H](c1ccc(F)cc1)N1CCOCC1. The Bertz CT molecular complexity index is 568. The third kappa shape index (κ3) is 4.36. The number of rotatable bonds is 5. The van der Waals surface area contributed by atoms with E-state index < -0.39 is 5.92 Å². The van der Waals surface area contributed by atoms with Gasteiger partial charge in [-0.05, 0) is 17.7 Å². The third-order valence-corrected chi connectivity index (χ3v) is 3.55. The average molecular weight is 300 g/mol. The van der Waals surface area contributed by atoms with Crippen molar-refractivity contribution in [3.8, 4) is 12.1 Å². The second-order valence-corrected chi connectivity index (χ2v) is 4.97. The van der Waals surface area contributed by atoms with Crippen LogP contribution in [0.25, 0.3) is 0 Å². The minimum Gasteiger partial charge on any atom is -0.379 e. The molecule has 0 spiro atoms. The summed E-state index contributed by atoms with van der Waals surface area (Å²) >= 11 is 0. The van der Waals surface area contributed by atoms with E-state index in [1.807, 2.05) is 12.1 Å². The Kier molecular flexibility index (Phi) is 6.02. The van der Waals surface area contributed by atoms with Crippen LogP contribution in [0.2, 0.25) is 0 Å². The van der Waals surface area contributed by atoms with E-state index in [1.165, 1.54) is 18.3 Å². The Balaban J connectivity index is 2.13. The molecule has 1 aliphatic rings. The fraction of sp³-hybridized carbons (Fsp3) is 0.438. The zero-order chi connectivity index (χ0) is 15.8. The van der Waals surface area contributed by atoms with Crippen LogP contribution in [0.4, 0.5) is 4.39 Å². The molecule has 0 aromatic heterocycles. The second-order valence-electron chi connectivity index (χ2n) is 4.97. The number of hydrogen-bond donors (Lipinski definition) is 0. The topological polar surface area (TPSA) is 72.4 Å². The van der Waals surface area contributed by atoms with Crippen molar-refractivity contribution in [1.82, 2.24) is 4.90 Å². The third-order valence-electron chi connectivity index (χ3n) is 3.55. The van der Waals surface area contributed by atoms with E-state index in [0.717, 1.165) is 18.7 Å². The van der Waals surface area contributed by atoms with Gasteiger partial charge in [-0.25, -0.2) is 4.39 Å². The van der Waals surface area contributed by atoms with Gasteiger partial charge in [0.25, 0.3) is 0 Å². The molecule has 1 atom stereocenters. The largest absolute Gasteiger partial charge is 0.379 e. The van der Waals surface area contributed by atoms with Crippen molar-refractivity contribution in [3.05, 3.63) is 35.6 Å². The van der Waals surface area contributed by atoms with Gasteiger partial charge in [-0.2, -0.15) is 10.5 Å². The molecule has 0 unspecified atom stereocenters. The summed E-state index contributed by atoms with van der Waals surface area (Å²) in [6.45, 7) is 3.28. The Labute approximate surface area is 129 Å². The van der Waals surface area contributed by atoms with E-state index in [9.17, 15) is 4.39 Å². The number of hydrogen-bond acceptors (Lipinski definition) is 5. The Hall–Kier alpha value is -2.28. The summed E-state index contributed by atoms with van der Waals surface area (Å²) in [5.41, 5.74) is 0.964. The minimum atomic E-state index is -0.835. The van der Waals surface area contributed by atoms with Gasteiger partial charge in [-0.15, -0.1) is 0 Å². The van der Waals surface area contributed by atoms with Gasteiger partial charge in [-0.3, -0.25) is 9.89 Å². The van der Waals surface area contributed by atoms with Crippen molar-refractivity contribution < 1.29 is 9.13 Å². The van der Waals surface area contributed by atoms with Gasteiger partial charge in [0.1, 0.15) is 5.82 Å². The van der Waals surface area contributed by atoms with Crippen molar-refractivity contribution in [2.75, 3.05) is 32.8 Å². The number of aliphatic imine (C=N–C) groups is 1. The maximum Gasteiger partial charge on any atom is 0.167 e. The molecule has 22 heavy (non-hydrogen) atoms. The zero-order valence-electron chi connectivity index (χ0n) is 12.2. The molecule has 1 fully saturated rings. The van der Waals surface area contributed by atoms with Crippen molar-refractivity contribution >= 4 is 6.21 Å². The molecule has 0 N–H and O–H groups in total. The first-order chi connectivity index (χ1) is 10.7. The number of nitrogens with zero attached hydrogens (tertiary/aromatic N) is 4. The molecule has 1 aromatic rings. The summed E-state index contributed by atoms with van der Waals surface area (Å²) < 4.78 is 18.5. The summed E-state index contributed by atoms with van der Waals surface area (Å²) in [6.07, 6.45) is 1.37. The summed E-state index contributed by atoms with van der Waals surface area (Å²) in [4.78, 5) is 6.47.